The topological polar surface area (TPSA) is 98.7 Å². The number of rotatable bonds is 0. The van der Waals surface area contributed by atoms with Crippen LogP contribution in [0.4, 0.5) is 0 Å². The molecule has 6 nitrogen and oxygen atoms in total. The Morgan fingerprint density at radius 1 is 1.20 bits per heavy atom. The number of hydrogen-bond donors (Lipinski definition) is 4. The van der Waals surface area contributed by atoms with Gasteiger partial charge < -0.3 is 20.8 Å². The third-order valence-electron chi connectivity index (χ3n) is 0.966. The zero-order valence-corrected chi connectivity index (χ0v) is 4.79. The van der Waals surface area contributed by atoms with Crippen molar-refractivity contribution in [1.29, 1.82) is 0 Å². The second kappa shape index (κ2) is 2.24. The minimum Gasteiger partial charge on any atom is -0.369 e. The number of hydrogen-bond acceptors (Lipinski definition) is 4. The van der Waals surface area contributed by atoms with E-state index >= 15 is 0 Å². The first kappa shape index (κ1) is 6.97. The Balaban J connectivity index is 2.66. The van der Waals surface area contributed by atoms with Gasteiger partial charge in [-0.15, -0.1) is 0 Å². The summed E-state index contributed by atoms with van der Waals surface area (Å²) < 4.78 is 0. The molecule has 10 heavy (non-hydrogen) atoms. The van der Waals surface area contributed by atoms with Crippen LogP contribution in [0.15, 0.2) is 0 Å². The molecule has 1 heterocycles. The number of nitrogens with one attached hydrogen (secondary N) is 2. The zero-order chi connectivity index (χ0) is 7.72. The first-order chi connectivity index (χ1) is 4.61. The maximum atomic E-state index is 10.4. The van der Waals surface area contributed by atoms with Crippen molar-refractivity contribution in [2.24, 2.45) is 0 Å². The third kappa shape index (κ3) is 1.07. The predicted molar refractivity (Wildman–Crippen MR) is 27.5 cm³/mol. The molecule has 1 aliphatic heterocycles. The molecule has 0 bridgehead atoms. The van der Waals surface area contributed by atoms with Crippen molar-refractivity contribution in [2.75, 3.05) is 0 Å². The van der Waals surface area contributed by atoms with E-state index in [4.69, 9.17) is 10.2 Å². The summed E-state index contributed by atoms with van der Waals surface area (Å²) in [6, 6.07) is 0. The van der Waals surface area contributed by atoms with E-state index in [9.17, 15) is 9.59 Å². The fourth-order valence-electron chi connectivity index (χ4n) is 0.524. The van der Waals surface area contributed by atoms with Crippen LogP contribution in [-0.2, 0) is 9.59 Å². The highest BCUT2D eigenvalue weighted by molar-refractivity contribution is 6.13. The third-order valence-corrected chi connectivity index (χ3v) is 0.966. The molecule has 0 aromatic carbocycles. The van der Waals surface area contributed by atoms with E-state index in [1.165, 1.54) is 0 Å². The summed E-state index contributed by atoms with van der Waals surface area (Å²) in [6.07, 6.45) is -2.35. The molecule has 0 aromatic rings. The number of carbonyl (C=O) groups excluding carboxylic acids is 2. The molecule has 6 heteroatoms. The molecule has 1 radical (unpaired) electrons. The lowest BCUT2D eigenvalue weighted by molar-refractivity contribution is -0.142. The molecular weight excluding hydrogens is 140 g/mol. The summed E-state index contributed by atoms with van der Waals surface area (Å²) in [7, 11) is 0. The second-order valence-corrected chi connectivity index (χ2v) is 1.70. The first-order valence-electron chi connectivity index (χ1n) is 2.47. The van der Waals surface area contributed by atoms with Gasteiger partial charge >= 0.3 is 0 Å². The van der Waals surface area contributed by atoms with Crippen LogP contribution < -0.4 is 10.6 Å². The normalized spacial score (nSPS) is 22.2. The van der Waals surface area contributed by atoms with Crippen LogP contribution in [0.2, 0.25) is 0 Å². The van der Waals surface area contributed by atoms with Crippen LogP contribution in [0.25, 0.3) is 0 Å². The molecule has 2 amide bonds. The van der Waals surface area contributed by atoms with Crippen LogP contribution in [-0.4, -0.2) is 28.4 Å². The molecule has 0 atom stereocenters. The van der Waals surface area contributed by atoms with Crippen molar-refractivity contribution < 1.29 is 19.8 Å². The maximum absolute atomic E-state index is 10.4. The Morgan fingerprint density at radius 3 is 2.00 bits per heavy atom. The number of aliphatic hydroxyl groups is 2. The average Bonchev–Trinajstić information content (AvgIpc) is 1.82. The van der Waals surface area contributed by atoms with Crippen molar-refractivity contribution in [1.82, 2.24) is 10.6 Å². The van der Waals surface area contributed by atoms with E-state index in [-0.39, 0.29) is 0 Å². The summed E-state index contributed by atoms with van der Waals surface area (Å²) >= 11 is 0. The smallest absolute Gasteiger partial charge is 0.269 e. The van der Waals surface area contributed by atoms with Gasteiger partial charge in [-0.25, -0.2) is 0 Å². The predicted octanol–water partition coefficient (Wildman–Crippen LogP) is -2.59. The van der Waals surface area contributed by atoms with Gasteiger partial charge in [0.2, 0.25) is 6.35 Å². The summed E-state index contributed by atoms with van der Waals surface area (Å²) in [5, 5.41) is 20.8. The molecule has 0 unspecified atom stereocenters. The summed E-state index contributed by atoms with van der Waals surface area (Å²) in [6.45, 7) is 0. The van der Waals surface area contributed by atoms with Crippen LogP contribution in [0.3, 0.4) is 0 Å². The monoisotopic (exact) mass is 145 g/mol. The molecule has 1 fully saturated rings. The molecule has 1 saturated heterocycles. The van der Waals surface area contributed by atoms with E-state index in [0.717, 1.165) is 0 Å². The standard InChI is InChI=1S/C4H5N2O4/c7-1-2(8)5-4(10)6-3(1)9/h4,7,10H,(H,5,8)(H,6,9). The SMILES string of the molecule is O=C1NC(O)NC(=O)[C]1O. The lowest BCUT2D eigenvalue weighted by Gasteiger charge is -2.21. The highest BCUT2D eigenvalue weighted by Crippen LogP contribution is 1.98. The van der Waals surface area contributed by atoms with E-state index < -0.39 is 24.3 Å². The molecule has 1 rings (SSSR count). The fourth-order valence-corrected chi connectivity index (χ4v) is 0.524. The van der Waals surface area contributed by atoms with Gasteiger partial charge in [0.1, 0.15) is 0 Å². The Labute approximate surface area is 55.8 Å². The quantitative estimate of drug-likeness (QED) is 0.300. The van der Waals surface area contributed by atoms with Crippen molar-refractivity contribution in [3.8, 4) is 0 Å². The minimum atomic E-state index is -1.41. The molecular formula is C4H5N2O4. The van der Waals surface area contributed by atoms with Crippen molar-refractivity contribution in [2.45, 2.75) is 6.35 Å². The van der Waals surface area contributed by atoms with Crippen molar-refractivity contribution in [3.05, 3.63) is 6.10 Å². The van der Waals surface area contributed by atoms with Gasteiger partial charge in [-0.1, -0.05) is 0 Å². The summed E-state index contributed by atoms with van der Waals surface area (Å²) in [4.78, 5) is 20.8. The van der Waals surface area contributed by atoms with Gasteiger partial charge in [0.25, 0.3) is 17.9 Å². The average molecular weight is 145 g/mol. The molecule has 4 N–H and O–H groups in total. The van der Waals surface area contributed by atoms with Gasteiger partial charge in [0.05, 0.1) is 0 Å². The van der Waals surface area contributed by atoms with Gasteiger partial charge in [-0.05, 0) is 0 Å². The van der Waals surface area contributed by atoms with Crippen LogP contribution in [0, 0.1) is 6.10 Å². The van der Waals surface area contributed by atoms with Gasteiger partial charge in [-0.3, -0.25) is 9.59 Å². The highest BCUT2D eigenvalue weighted by Gasteiger charge is 2.33. The zero-order valence-electron chi connectivity index (χ0n) is 4.79. The van der Waals surface area contributed by atoms with Crippen LogP contribution in [0.1, 0.15) is 0 Å². The second-order valence-electron chi connectivity index (χ2n) is 1.70. The molecule has 0 saturated carbocycles. The van der Waals surface area contributed by atoms with E-state index in [0.29, 0.717) is 0 Å². The molecule has 0 spiro atoms. The van der Waals surface area contributed by atoms with Crippen LogP contribution in [0.5, 0.6) is 0 Å². The fraction of sp³-hybridized carbons (Fsp3) is 0.250. The van der Waals surface area contributed by atoms with E-state index in [2.05, 4.69) is 0 Å². The van der Waals surface area contributed by atoms with Crippen molar-refractivity contribution in [3.63, 3.8) is 0 Å². The van der Waals surface area contributed by atoms with E-state index in [1.54, 1.807) is 0 Å². The van der Waals surface area contributed by atoms with Crippen molar-refractivity contribution >= 4 is 11.8 Å². The van der Waals surface area contributed by atoms with Gasteiger partial charge in [-0.2, -0.15) is 0 Å². The van der Waals surface area contributed by atoms with Gasteiger partial charge in [0, 0.05) is 0 Å². The Kier molecular flexibility index (Phi) is 1.56. The van der Waals surface area contributed by atoms with E-state index in [1.807, 2.05) is 10.6 Å². The number of aliphatic hydroxyl groups excluding tert-OH is 2. The lowest BCUT2D eigenvalue weighted by atomic mass is 10.3. The largest absolute Gasteiger partial charge is 0.369 e. The molecule has 1 aliphatic rings. The number of carbonyl (C=O) groups is 2. The minimum absolute atomic E-state index is 0.940. The molecule has 55 valence electrons. The van der Waals surface area contributed by atoms with Gasteiger partial charge in [0.15, 0.2) is 0 Å². The first-order valence-corrected chi connectivity index (χ1v) is 2.47. The number of amides is 2. The maximum Gasteiger partial charge on any atom is 0.269 e. The molecule has 0 aliphatic carbocycles. The van der Waals surface area contributed by atoms with Crippen LogP contribution >= 0.6 is 0 Å². The Morgan fingerprint density at radius 2 is 1.60 bits per heavy atom. The lowest BCUT2D eigenvalue weighted by Crippen LogP contribution is -2.58. The highest BCUT2D eigenvalue weighted by atomic mass is 16.3. The summed E-state index contributed by atoms with van der Waals surface area (Å²) in [5.41, 5.74) is 0. The Hall–Kier alpha value is -1.14. The molecule has 0 aromatic heterocycles. The summed E-state index contributed by atoms with van der Waals surface area (Å²) in [5.74, 6) is -1.95. The Bertz CT molecular complexity index is 162.